The zero-order valence-electron chi connectivity index (χ0n) is 12.2. The van der Waals surface area contributed by atoms with Crippen LogP contribution in [-0.2, 0) is 0 Å². The highest BCUT2D eigenvalue weighted by Gasteiger charge is 2.09. The fourth-order valence-corrected chi connectivity index (χ4v) is 2.41. The predicted octanol–water partition coefficient (Wildman–Crippen LogP) is 4.01. The second kappa shape index (κ2) is 5.37. The first kappa shape index (κ1) is 13.3. The summed E-state index contributed by atoms with van der Waals surface area (Å²) in [6.45, 7) is 4.14. The molecule has 3 aromatic rings. The summed E-state index contributed by atoms with van der Waals surface area (Å²) < 4.78 is 0. The average Bonchev–Trinajstić information content (AvgIpc) is 2.47. The smallest absolute Gasteiger partial charge is 0.162 e. The number of nitrogens with two attached hydrogens (primary N) is 1. The molecule has 3 heteroatoms. The number of nitrogens with zero attached hydrogens (tertiary/aromatic N) is 2. The molecule has 0 aliphatic rings. The molecule has 0 radical (unpaired) electrons. The topological polar surface area (TPSA) is 51.8 Å². The average molecular weight is 275 g/mol. The van der Waals surface area contributed by atoms with Crippen LogP contribution in [-0.4, -0.2) is 9.97 Å². The molecule has 0 fully saturated rings. The van der Waals surface area contributed by atoms with Crippen LogP contribution >= 0.6 is 0 Å². The van der Waals surface area contributed by atoms with Gasteiger partial charge in [0.15, 0.2) is 5.82 Å². The van der Waals surface area contributed by atoms with E-state index in [0.717, 1.165) is 22.4 Å². The molecule has 0 saturated heterocycles. The molecule has 0 aliphatic heterocycles. The van der Waals surface area contributed by atoms with E-state index in [1.807, 2.05) is 42.5 Å². The molecule has 0 atom stereocenters. The Morgan fingerprint density at radius 1 is 0.857 bits per heavy atom. The third-order valence-electron chi connectivity index (χ3n) is 3.44. The van der Waals surface area contributed by atoms with Gasteiger partial charge in [0.25, 0.3) is 0 Å². The standard InChI is InChI=1S/C18H17N3/c1-12-8-9-15(13(2)10-12)18-20-16(11-17(19)21-18)14-6-4-3-5-7-14/h3-11H,1-2H3,(H2,19,20,21). The molecule has 104 valence electrons. The van der Waals surface area contributed by atoms with Crippen molar-refractivity contribution in [3.05, 3.63) is 65.7 Å². The quantitative estimate of drug-likeness (QED) is 0.768. The molecule has 3 nitrogen and oxygen atoms in total. The second-order valence-corrected chi connectivity index (χ2v) is 5.19. The summed E-state index contributed by atoms with van der Waals surface area (Å²) in [5.41, 5.74) is 11.2. The Balaban J connectivity index is 2.14. The van der Waals surface area contributed by atoms with E-state index in [1.165, 1.54) is 5.56 Å². The number of aryl methyl sites for hydroxylation is 2. The van der Waals surface area contributed by atoms with E-state index in [4.69, 9.17) is 5.73 Å². The van der Waals surface area contributed by atoms with E-state index in [2.05, 4.69) is 35.9 Å². The summed E-state index contributed by atoms with van der Waals surface area (Å²) >= 11 is 0. The van der Waals surface area contributed by atoms with Crippen molar-refractivity contribution in [1.82, 2.24) is 9.97 Å². The minimum Gasteiger partial charge on any atom is -0.384 e. The summed E-state index contributed by atoms with van der Waals surface area (Å²) in [7, 11) is 0. The van der Waals surface area contributed by atoms with Gasteiger partial charge in [0, 0.05) is 17.2 Å². The molecule has 3 rings (SSSR count). The Kier molecular flexibility index (Phi) is 3.40. The third-order valence-corrected chi connectivity index (χ3v) is 3.44. The van der Waals surface area contributed by atoms with Crippen LogP contribution in [0, 0.1) is 13.8 Å². The largest absolute Gasteiger partial charge is 0.384 e. The molecule has 2 aromatic carbocycles. The van der Waals surface area contributed by atoms with Gasteiger partial charge in [-0.15, -0.1) is 0 Å². The summed E-state index contributed by atoms with van der Waals surface area (Å²) in [5, 5.41) is 0. The number of rotatable bonds is 2. The Morgan fingerprint density at radius 3 is 2.33 bits per heavy atom. The van der Waals surface area contributed by atoms with Crippen molar-refractivity contribution in [3.63, 3.8) is 0 Å². The van der Waals surface area contributed by atoms with Gasteiger partial charge in [-0.1, -0.05) is 54.1 Å². The third kappa shape index (κ3) is 2.77. The zero-order valence-corrected chi connectivity index (χ0v) is 12.2. The Bertz CT molecular complexity index is 780. The predicted molar refractivity (Wildman–Crippen MR) is 86.8 cm³/mol. The molecule has 0 saturated carbocycles. The van der Waals surface area contributed by atoms with Crippen LogP contribution in [0.4, 0.5) is 5.82 Å². The number of hydrogen-bond donors (Lipinski definition) is 1. The molecule has 1 aromatic heterocycles. The lowest BCUT2D eigenvalue weighted by molar-refractivity contribution is 1.18. The number of aromatic nitrogens is 2. The van der Waals surface area contributed by atoms with Crippen molar-refractivity contribution in [1.29, 1.82) is 0 Å². The van der Waals surface area contributed by atoms with Crippen LogP contribution in [0.5, 0.6) is 0 Å². The van der Waals surface area contributed by atoms with Gasteiger partial charge >= 0.3 is 0 Å². The van der Waals surface area contributed by atoms with Gasteiger partial charge in [-0.3, -0.25) is 0 Å². The number of hydrogen-bond acceptors (Lipinski definition) is 3. The lowest BCUT2D eigenvalue weighted by atomic mass is 10.0. The fraction of sp³-hybridized carbons (Fsp3) is 0.111. The van der Waals surface area contributed by atoms with Crippen molar-refractivity contribution in [2.24, 2.45) is 0 Å². The lowest BCUT2D eigenvalue weighted by Crippen LogP contribution is -1.99. The van der Waals surface area contributed by atoms with E-state index >= 15 is 0 Å². The molecule has 0 aliphatic carbocycles. The Hall–Kier alpha value is -2.68. The lowest BCUT2D eigenvalue weighted by Gasteiger charge is -2.09. The summed E-state index contributed by atoms with van der Waals surface area (Å²) in [4.78, 5) is 9.06. The maximum absolute atomic E-state index is 5.96. The normalized spacial score (nSPS) is 10.6. The van der Waals surface area contributed by atoms with Crippen LogP contribution in [0.25, 0.3) is 22.6 Å². The highest BCUT2D eigenvalue weighted by atomic mass is 14.9. The van der Waals surface area contributed by atoms with Crippen molar-refractivity contribution in [2.45, 2.75) is 13.8 Å². The van der Waals surface area contributed by atoms with E-state index in [0.29, 0.717) is 11.6 Å². The van der Waals surface area contributed by atoms with Crippen molar-refractivity contribution in [2.75, 3.05) is 5.73 Å². The molecular weight excluding hydrogens is 258 g/mol. The van der Waals surface area contributed by atoms with Gasteiger partial charge in [-0.25, -0.2) is 9.97 Å². The highest BCUT2D eigenvalue weighted by Crippen LogP contribution is 2.25. The molecule has 0 spiro atoms. The Labute approximate surface area is 124 Å². The van der Waals surface area contributed by atoms with Gasteiger partial charge < -0.3 is 5.73 Å². The molecule has 0 bridgehead atoms. The Morgan fingerprint density at radius 2 is 1.62 bits per heavy atom. The molecular formula is C18H17N3. The maximum Gasteiger partial charge on any atom is 0.162 e. The summed E-state index contributed by atoms with van der Waals surface area (Å²) in [6.07, 6.45) is 0. The molecule has 0 unspecified atom stereocenters. The molecule has 1 heterocycles. The van der Waals surface area contributed by atoms with E-state index < -0.39 is 0 Å². The summed E-state index contributed by atoms with van der Waals surface area (Å²) in [5.74, 6) is 1.16. The zero-order chi connectivity index (χ0) is 14.8. The van der Waals surface area contributed by atoms with E-state index in [-0.39, 0.29) is 0 Å². The monoisotopic (exact) mass is 275 g/mol. The molecule has 2 N–H and O–H groups in total. The van der Waals surface area contributed by atoms with Crippen LogP contribution in [0.3, 0.4) is 0 Å². The number of nitrogen functional groups attached to an aromatic ring is 1. The minimum atomic E-state index is 0.485. The van der Waals surface area contributed by atoms with Gasteiger partial charge in [0.1, 0.15) is 5.82 Å². The van der Waals surface area contributed by atoms with Gasteiger partial charge in [0.2, 0.25) is 0 Å². The SMILES string of the molecule is Cc1ccc(-c2nc(N)cc(-c3ccccc3)n2)c(C)c1. The van der Waals surface area contributed by atoms with Crippen LogP contribution in [0.2, 0.25) is 0 Å². The van der Waals surface area contributed by atoms with E-state index in [1.54, 1.807) is 0 Å². The first-order valence-corrected chi connectivity index (χ1v) is 6.91. The van der Waals surface area contributed by atoms with Crippen LogP contribution < -0.4 is 5.73 Å². The number of anilines is 1. The van der Waals surface area contributed by atoms with Gasteiger partial charge in [-0.2, -0.15) is 0 Å². The van der Waals surface area contributed by atoms with Crippen molar-refractivity contribution >= 4 is 5.82 Å². The van der Waals surface area contributed by atoms with Crippen LogP contribution in [0.1, 0.15) is 11.1 Å². The van der Waals surface area contributed by atoms with Crippen LogP contribution in [0.15, 0.2) is 54.6 Å². The molecule has 0 amide bonds. The maximum atomic E-state index is 5.96. The second-order valence-electron chi connectivity index (χ2n) is 5.19. The molecule has 21 heavy (non-hydrogen) atoms. The van der Waals surface area contributed by atoms with Crippen molar-refractivity contribution < 1.29 is 0 Å². The highest BCUT2D eigenvalue weighted by molar-refractivity contribution is 5.68. The minimum absolute atomic E-state index is 0.485. The number of benzene rings is 2. The van der Waals surface area contributed by atoms with E-state index in [9.17, 15) is 0 Å². The van der Waals surface area contributed by atoms with Gasteiger partial charge in [-0.05, 0) is 19.4 Å². The fourth-order valence-electron chi connectivity index (χ4n) is 2.41. The first-order valence-electron chi connectivity index (χ1n) is 6.91. The summed E-state index contributed by atoms with van der Waals surface area (Å²) in [6, 6.07) is 18.1. The first-order chi connectivity index (χ1) is 10.1. The van der Waals surface area contributed by atoms with Crippen molar-refractivity contribution in [3.8, 4) is 22.6 Å². The van der Waals surface area contributed by atoms with Gasteiger partial charge in [0.05, 0.1) is 5.69 Å².